The smallest absolute Gasteiger partial charge is 0.293 e. The highest BCUT2D eigenvalue weighted by atomic mass is 19.4. The highest BCUT2D eigenvalue weighted by Gasteiger charge is 2.32. The lowest BCUT2D eigenvalue weighted by Crippen LogP contribution is -2.09. The van der Waals surface area contributed by atoms with E-state index in [1.54, 1.807) is 0 Å². The van der Waals surface area contributed by atoms with E-state index < -0.39 is 11.7 Å². The number of alkyl halides is 3. The van der Waals surface area contributed by atoms with Crippen LogP contribution in [0.5, 0.6) is 0 Å². The molecular formula is C13H9F3N2O. The Labute approximate surface area is 107 Å². The summed E-state index contributed by atoms with van der Waals surface area (Å²) >= 11 is 0. The zero-order valence-electron chi connectivity index (χ0n) is 9.90. The maximum Gasteiger partial charge on any atom is 0.417 e. The SMILES string of the molecule is CC(=O)c1ncc(C(F)(F)F)cc1-c1ccncc1. The molecule has 0 saturated carbocycles. The number of carbonyl (C=O) groups is 1. The van der Waals surface area contributed by atoms with Gasteiger partial charge in [-0.1, -0.05) is 0 Å². The molecule has 0 fully saturated rings. The van der Waals surface area contributed by atoms with Gasteiger partial charge < -0.3 is 0 Å². The third kappa shape index (κ3) is 2.78. The summed E-state index contributed by atoms with van der Waals surface area (Å²) in [5.74, 6) is -0.388. The predicted octanol–water partition coefficient (Wildman–Crippen LogP) is 3.37. The van der Waals surface area contributed by atoms with Crippen molar-refractivity contribution in [2.24, 2.45) is 0 Å². The number of carbonyl (C=O) groups excluding carboxylic acids is 1. The van der Waals surface area contributed by atoms with Gasteiger partial charge in [0.15, 0.2) is 5.78 Å². The second-order valence-electron chi connectivity index (χ2n) is 3.91. The Hall–Kier alpha value is -2.24. The molecule has 2 heterocycles. The predicted molar refractivity (Wildman–Crippen MR) is 62.5 cm³/mol. The molecular weight excluding hydrogens is 257 g/mol. The molecule has 2 rings (SSSR count). The van der Waals surface area contributed by atoms with Gasteiger partial charge in [0.1, 0.15) is 5.69 Å². The molecule has 0 unspecified atom stereocenters. The molecule has 0 bridgehead atoms. The number of halogens is 3. The number of Topliss-reactive ketones (excluding diaryl/α,β-unsaturated/α-hetero) is 1. The summed E-state index contributed by atoms with van der Waals surface area (Å²) in [6, 6.07) is 3.99. The summed E-state index contributed by atoms with van der Waals surface area (Å²) in [6.07, 6.45) is -0.940. The zero-order valence-corrected chi connectivity index (χ0v) is 9.90. The molecule has 98 valence electrons. The van der Waals surface area contributed by atoms with E-state index in [1.807, 2.05) is 0 Å². The van der Waals surface area contributed by atoms with Crippen molar-refractivity contribution in [3.8, 4) is 11.1 Å². The molecule has 0 radical (unpaired) electrons. The van der Waals surface area contributed by atoms with E-state index in [1.165, 1.54) is 31.5 Å². The topological polar surface area (TPSA) is 42.9 Å². The number of hydrogen-bond donors (Lipinski definition) is 0. The summed E-state index contributed by atoms with van der Waals surface area (Å²) in [6.45, 7) is 1.26. The summed E-state index contributed by atoms with van der Waals surface area (Å²) in [5, 5.41) is 0. The van der Waals surface area contributed by atoms with Gasteiger partial charge in [-0.05, 0) is 23.8 Å². The number of nitrogens with zero attached hydrogens (tertiary/aromatic N) is 2. The Morgan fingerprint density at radius 3 is 2.37 bits per heavy atom. The second-order valence-corrected chi connectivity index (χ2v) is 3.91. The van der Waals surface area contributed by atoms with Crippen LogP contribution in [0.1, 0.15) is 23.0 Å². The fraction of sp³-hybridized carbons (Fsp3) is 0.154. The number of pyridine rings is 2. The lowest BCUT2D eigenvalue weighted by atomic mass is 10.0. The van der Waals surface area contributed by atoms with Crippen LogP contribution in [0.3, 0.4) is 0 Å². The quantitative estimate of drug-likeness (QED) is 0.783. The van der Waals surface area contributed by atoms with Crippen LogP contribution in [0.25, 0.3) is 11.1 Å². The third-order valence-corrected chi connectivity index (χ3v) is 2.54. The van der Waals surface area contributed by atoms with Crippen molar-refractivity contribution < 1.29 is 18.0 Å². The fourth-order valence-corrected chi connectivity index (χ4v) is 1.65. The molecule has 2 aromatic rings. The molecule has 0 saturated heterocycles. The van der Waals surface area contributed by atoms with Gasteiger partial charge in [-0.3, -0.25) is 14.8 Å². The number of ketones is 1. The van der Waals surface area contributed by atoms with Gasteiger partial charge in [0.2, 0.25) is 0 Å². The molecule has 19 heavy (non-hydrogen) atoms. The number of hydrogen-bond acceptors (Lipinski definition) is 3. The summed E-state index contributed by atoms with van der Waals surface area (Å²) in [7, 11) is 0. The standard InChI is InChI=1S/C13H9F3N2O/c1-8(19)12-11(9-2-4-17-5-3-9)6-10(7-18-12)13(14,15)16/h2-7H,1H3. The minimum absolute atomic E-state index is 0.0131. The average molecular weight is 266 g/mol. The molecule has 6 heteroatoms. The van der Waals surface area contributed by atoms with Crippen molar-refractivity contribution in [2.75, 3.05) is 0 Å². The molecule has 0 N–H and O–H groups in total. The first-order valence-electron chi connectivity index (χ1n) is 5.38. The first-order chi connectivity index (χ1) is 8.89. The van der Waals surface area contributed by atoms with Gasteiger partial charge in [-0.15, -0.1) is 0 Å². The minimum atomic E-state index is -4.50. The van der Waals surface area contributed by atoms with E-state index in [9.17, 15) is 18.0 Å². The van der Waals surface area contributed by atoms with E-state index >= 15 is 0 Å². The monoisotopic (exact) mass is 266 g/mol. The number of rotatable bonds is 2. The minimum Gasteiger partial charge on any atom is -0.293 e. The van der Waals surface area contributed by atoms with Crippen LogP contribution in [0.15, 0.2) is 36.8 Å². The van der Waals surface area contributed by atoms with Gasteiger partial charge in [0.25, 0.3) is 0 Å². The van der Waals surface area contributed by atoms with Crippen molar-refractivity contribution in [2.45, 2.75) is 13.1 Å². The van der Waals surface area contributed by atoms with Crippen molar-refractivity contribution >= 4 is 5.78 Å². The molecule has 0 amide bonds. The normalized spacial score (nSPS) is 11.4. The Bertz CT molecular complexity index is 609. The van der Waals surface area contributed by atoms with Crippen molar-refractivity contribution in [1.82, 2.24) is 9.97 Å². The molecule has 0 aliphatic carbocycles. The molecule has 2 aromatic heterocycles. The lowest BCUT2D eigenvalue weighted by molar-refractivity contribution is -0.137. The largest absolute Gasteiger partial charge is 0.417 e. The maximum atomic E-state index is 12.7. The Morgan fingerprint density at radius 2 is 1.84 bits per heavy atom. The van der Waals surface area contributed by atoms with Crippen LogP contribution >= 0.6 is 0 Å². The molecule has 0 aliphatic rings. The zero-order chi connectivity index (χ0) is 14.0. The molecule has 0 atom stereocenters. The van der Waals surface area contributed by atoms with E-state index in [0.29, 0.717) is 11.8 Å². The van der Waals surface area contributed by atoms with Gasteiger partial charge in [0, 0.05) is 31.1 Å². The van der Waals surface area contributed by atoms with E-state index in [2.05, 4.69) is 9.97 Å². The lowest BCUT2D eigenvalue weighted by Gasteiger charge is -2.11. The second kappa shape index (κ2) is 4.79. The molecule has 0 aliphatic heterocycles. The average Bonchev–Trinajstić information content (AvgIpc) is 2.38. The van der Waals surface area contributed by atoms with E-state index in [4.69, 9.17) is 0 Å². The van der Waals surface area contributed by atoms with Crippen LogP contribution in [-0.4, -0.2) is 15.8 Å². The van der Waals surface area contributed by atoms with Crippen LogP contribution in [0.2, 0.25) is 0 Å². The van der Waals surface area contributed by atoms with Crippen molar-refractivity contribution in [3.05, 3.63) is 48.0 Å². The molecule has 3 nitrogen and oxygen atoms in total. The van der Waals surface area contributed by atoms with Gasteiger partial charge in [-0.25, -0.2) is 0 Å². The summed E-state index contributed by atoms with van der Waals surface area (Å²) in [5.41, 5.74) is -0.243. The van der Waals surface area contributed by atoms with E-state index in [-0.39, 0.29) is 17.0 Å². The van der Waals surface area contributed by atoms with Crippen LogP contribution in [0, 0.1) is 0 Å². The summed E-state index contributed by atoms with van der Waals surface area (Å²) < 4.78 is 38.0. The highest BCUT2D eigenvalue weighted by molar-refractivity contribution is 5.98. The first-order valence-corrected chi connectivity index (χ1v) is 5.38. The van der Waals surface area contributed by atoms with E-state index in [0.717, 1.165) is 6.07 Å². The van der Waals surface area contributed by atoms with Crippen molar-refractivity contribution in [1.29, 1.82) is 0 Å². The molecule has 0 spiro atoms. The Morgan fingerprint density at radius 1 is 1.21 bits per heavy atom. The van der Waals surface area contributed by atoms with Crippen LogP contribution in [-0.2, 0) is 6.18 Å². The molecule has 0 aromatic carbocycles. The summed E-state index contributed by atoms with van der Waals surface area (Å²) in [4.78, 5) is 18.9. The highest BCUT2D eigenvalue weighted by Crippen LogP contribution is 2.32. The number of aromatic nitrogens is 2. The maximum absolute atomic E-state index is 12.7. The van der Waals surface area contributed by atoms with Crippen molar-refractivity contribution in [3.63, 3.8) is 0 Å². The van der Waals surface area contributed by atoms with Crippen LogP contribution < -0.4 is 0 Å². The van der Waals surface area contributed by atoms with Gasteiger partial charge in [0.05, 0.1) is 5.56 Å². The van der Waals surface area contributed by atoms with Gasteiger partial charge in [-0.2, -0.15) is 13.2 Å². The Kier molecular flexibility index (Phi) is 3.33. The third-order valence-electron chi connectivity index (χ3n) is 2.54. The fourth-order valence-electron chi connectivity index (χ4n) is 1.65. The first kappa shape index (κ1) is 13.2. The van der Waals surface area contributed by atoms with Crippen LogP contribution in [0.4, 0.5) is 13.2 Å². The Balaban J connectivity index is 2.65. The van der Waals surface area contributed by atoms with Gasteiger partial charge >= 0.3 is 6.18 Å².